The Morgan fingerprint density at radius 2 is 2.00 bits per heavy atom. The minimum Gasteiger partial charge on any atom is -0.379 e. The zero-order valence-electron chi connectivity index (χ0n) is 12.8. The monoisotopic (exact) mass is 265 g/mol. The molecule has 1 rings (SSSR count). The molecule has 0 spiro atoms. The molecule has 0 amide bonds. The van der Waals surface area contributed by atoms with Gasteiger partial charge in [0.1, 0.15) is 0 Å². The largest absolute Gasteiger partial charge is 0.379 e. The SMILES string of the molecule is COC(C)(C)CCOC(c1cccc(C)c1)C(C)N. The van der Waals surface area contributed by atoms with Crippen LogP contribution in [0.3, 0.4) is 0 Å². The van der Waals surface area contributed by atoms with Gasteiger partial charge in [-0.2, -0.15) is 0 Å². The van der Waals surface area contributed by atoms with Gasteiger partial charge in [-0.05, 0) is 39.7 Å². The van der Waals surface area contributed by atoms with Gasteiger partial charge in [0, 0.05) is 13.2 Å². The highest BCUT2D eigenvalue weighted by Crippen LogP contribution is 2.23. The van der Waals surface area contributed by atoms with Crippen LogP contribution in [-0.4, -0.2) is 25.4 Å². The first kappa shape index (κ1) is 16.2. The van der Waals surface area contributed by atoms with Crippen LogP contribution in [0.4, 0.5) is 0 Å². The summed E-state index contributed by atoms with van der Waals surface area (Å²) < 4.78 is 11.4. The van der Waals surface area contributed by atoms with Crippen LogP contribution in [0.15, 0.2) is 24.3 Å². The van der Waals surface area contributed by atoms with Gasteiger partial charge in [-0.25, -0.2) is 0 Å². The van der Waals surface area contributed by atoms with Crippen LogP contribution in [0.1, 0.15) is 44.4 Å². The van der Waals surface area contributed by atoms with Gasteiger partial charge in [0.05, 0.1) is 18.3 Å². The third-order valence-corrected chi connectivity index (χ3v) is 3.40. The van der Waals surface area contributed by atoms with E-state index in [1.807, 2.05) is 13.0 Å². The van der Waals surface area contributed by atoms with Gasteiger partial charge < -0.3 is 15.2 Å². The number of aryl methyl sites for hydroxylation is 1. The minimum atomic E-state index is -0.158. The fourth-order valence-corrected chi connectivity index (χ4v) is 1.93. The number of hydrogen-bond acceptors (Lipinski definition) is 3. The topological polar surface area (TPSA) is 44.5 Å². The summed E-state index contributed by atoms with van der Waals surface area (Å²) in [5.74, 6) is 0. The Morgan fingerprint density at radius 1 is 1.32 bits per heavy atom. The summed E-state index contributed by atoms with van der Waals surface area (Å²) in [6, 6.07) is 8.29. The summed E-state index contributed by atoms with van der Waals surface area (Å²) in [5.41, 5.74) is 8.26. The van der Waals surface area contributed by atoms with Crippen LogP contribution < -0.4 is 5.73 Å². The van der Waals surface area contributed by atoms with E-state index >= 15 is 0 Å². The van der Waals surface area contributed by atoms with Gasteiger partial charge in [-0.15, -0.1) is 0 Å². The third kappa shape index (κ3) is 5.31. The van der Waals surface area contributed by atoms with Crippen molar-refractivity contribution in [3.8, 4) is 0 Å². The molecule has 0 aliphatic heterocycles. The van der Waals surface area contributed by atoms with Gasteiger partial charge in [0.15, 0.2) is 0 Å². The summed E-state index contributed by atoms with van der Waals surface area (Å²) in [6.45, 7) is 8.82. The molecule has 0 aromatic heterocycles. The second kappa shape index (κ2) is 7.04. The van der Waals surface area contributed by atoms with Crippen LogP contribution >= 0.6 is 0 Å². The zero-order chi connectivity index (χ0) is 14.5. The molecule has 1 aromatic carbocycles. The number of benzene rings is 1. The highest BCUT2D eigenvalue weighted by Gasteiger charge is 2.20. The summed E-state index contributed by atoms with van der Waals surface area (Å²) in [6.07, 6.45) is 0.783. The maximum Gasteiger partial charge on any atom is 0.0973 e. The molecule has 0 radical (unpaired) electrons. The Hall–Kier alpha value is -0.900. The zero-order valence-corrected chi connectivity index (χ0v) is 12.8. The van der Waals surface area contributed by atoms with Crippen molar-refractivity contribution in [1.29, 1.82) is 0 Å². The molecule has 0 bridgehead atoms. The van der Waals surface area contributed by atoms with E-state index in [1.165, 1.54) is 5.56 Å². The van der Waals surface area contributed by atoms with Gasteiger partial charge in [0.25, 0.3) is 0 Å². The standard InChI is InChI=1S/C16H27NO2/c1-12-7-6-8-14(11-12)15(13(2)17)19-10-9-16(3,4)18-5/h6-8,11,13,15H,9-10,17H2,1-5H3. The molecule has 3 heteroatoms. The van der Waals surface area contributed by atoms with E-state index in [9.17, 15) is 0 Å². The lowest BCUT2D eigenvalue weighted by atomic mass is 10.0. The lowest BCUT2D eigenvalue weighted by Crippen LogP contribution is -2.30. The Balaban J connectivity index is 2.64. The van der Waals surface area contributed by atoms with E-state index in [4.69, 9.17) is 15.2 Å². The van der Waals surface area contributed by atoms with E-state index in [-0.39, 0.29) is 17.7 Å². The van der Waals surface area contributed by atoms with Crippen LogP contribution in [0, 0.1) is 6.92 Å². The van der Waals surface area contributed by atoms with Gasteiger partial charge in [-0.3, -0.25) is 0 Å². The fraction of sp³-hybridized carbons (Fsp3) is 0.625. The average Bonchev–Trinajstić information content (AvgIpc) is 2.34. The molecule has 3 nitrogen and oxygen atoms in total. The van der Waals surface area contributed by atoms with E-state index in [0.29, 0.717) is 6.61 Å². The minimum absolute atomic E-state index is 0.0348. The van der Waals surface area contributed by atoms with Crippen molar-refractivity contribution in [2.45, 2.75) is 51.9 Å². The lowest BCUT2D eigenvalue weighted by Gasteiger charge is -2.26. The molecule has 1 aromatic rings. The lowest BCUT2D eigenvalue weighted by molar-refractivity contribution is -0.0317. The Kier molecular flexibility index (Phi) is 5.98. The molecule has 108 valence electrons. The van der Waals surface area contributed by atoms with Gasteiger partial charge in [-0.1, -0.05) is 29.8 Å². The number of methoxy groups -OCH3 is 1. The predicted molar refractivity (Wildman–Crippen MR) is 79.2 cm³/mol. The first-order chi connectivity index (χ1) is 8.85. The summed E-state index contributed by atoms with van der Waals surface area (Å²) in [7, 11) is 1.73. The molecular formula is C16H27NO2. The van der Waals surface area contributed by atoms with E-state index in [2.05, 4.69) is 39.0 Å². The molecule has 0 heterocycles. The molecule has 0 saturated carbocycles. The quantitative estimate of drug-likeness (QED) is 0.823. The van der Waals surface area contributed by atoms with Crippen molar-refractivity contribution < 1.29 is 9.47 Å². The van der Waals surface area contributed by atoms with Gasteiger partial charge >= 0.3 is 0 Å². The Morgan fingerprint density at radius 3 is 2.53 bits per heavy atom. The van der Waals surface area contributed by atoms with Crippen LogP contribution in [0.25, 0.3) is 0 Å². The van der Waals surface area contributed by atoms with Crippen LogP contribution in [-0.2, 0) is 9.47 Å². The maximum atomic E-state index is 6.04. The predicted octanol–water partition coefficient (Wildman–Crippen LogP) is 3.22. The number of nitrogens with two attached hydrogens (primary N) is 1. The first-order valence-corrected chi connectivity index (χ1v) is 6.84. The molecule has 19 heavy (non-hydrogen) atoms. The molecule has 0 aliphatic carbocycles. The van der Waals surface area contributed by atoms with E-state index in [0.717, 1.165) is 12.0 Å². The second-order valence-corrected chi connectivity index (χ2v) is 5.78. The summed E-state index contributed by atoms with van der Waals surface area (Å²) in [4.78, 5) is 0. The highest BCUT2D eigenvalue weighted by atomic mass is 16.5. The number of rotatable bonds is 7. The maximum absolute atomic E-state index is 6.04. The molecule has 2 N–H and O–H groups in total. The van der Waals surface area contributed by atoms with Crippen molar-refractivity contribution in [1.82, 2.24) is 0 Å². The first-order valence-electron chi connectivity index (χ1n) is 6.84. The third-order valence-electron chi connectivity index (χ3n) is 3.40. The van der Waals surface area contributed by atoms with Crippen molar-refractivity contribution >= 4 is 0 Å². The summed E-state index contributed by atoms with van der Waals surface area (Å²) >= 11 is 0. The van der Waals surface area contributed by atoms with Crippen LogP contribution in [0.2, 0.25) is 0 Å². The average molecular weight is 265 g/mol. The Bertz CT molecular complexity index is 388. The van der Waals surface area contributed by atoms with Crippen molar-refractivity contribution in [2.24, 2.45) is 5.73 Å². The van der Waals surface area contributed by atoms with Gasteiger partial charge in [0.2, 0.25) is 0 Å². The van der Waals surface area contributed by atoms with Crippen LogP contribution in [0.5, 0.6) is 0 Å². The molecule has 0 aliphatic rings. The van der Waals surface area contributed by atoms with E-state index < -0.39 is 0 Å². The van der Waals surface area contributed by atoms with Crippen molar-refractivity contribution in [2.75, 3.05) is 13.7 Å². The highest BCUT2D eigenvalue weighted by molar-refractivity contribution is 5.25. The molecule has 2 unspecified atom stereocenters. The molecule has 0 saturated heterocycles. The second-order valence-electron chi connectivity index (χ2n) is 5.78. The number of hydrogen-bond donors (Lipinski definition) is 1. The van der Waals surface area contributed by atoms with Crippen molar-refractivity contribution in [3.63, 3.8) is 0 Å². The molecule has 2 atom stereocenters. The van der Waals surface area contributed by atoms with E-state index in [1.54, 1.807) is 7.11 Å². The smallest absolute Gasteiger partial charge is 0.0973 e. The normalized spacial score (nSPS) is 15.3. The fourth-order valence-electron chi connectivity index (χ4n) is 1.93. The number of ether oxygens (including phenoxy) is 2. The Labute approximate surface area is 117 Å². The summed E-state index contributed by atoms with van der Waals surface area (Å²) in [5, 5.41) is 0. The molecule has 0 fully saturated rings. The molecular weight excluding hydrogens is 238 g/mol. The van der Waals surface area contributed by atoms with Crippen molar-refractivity contribution in [3.05, 3.63) is 35.4 Å².